The van der Waals surface area contributed by atoms with Gasteiger partial charge in [-0.1, -0.05) is 18.2 Å². The minimum Gasteiger partial charge on any atom is -0.360 e. The molecule has 4 heterocycles. The minimum absolute atomic E-state index is 0.138. The molecule has 3 aromatic rings. The van der Waals surface area contributed by atoms with E-state index in [9.17, 15) is 13.6 Å². The zero-order valence-corrected chi connectivity index (χ0v) is 22.0. The number of hydrogen-bond donors (Lipinski definition) is 2. The molecule has 0 bridgehead atoms. The second-order valence-electron chi connectivity index (χ2n) is 8.91. The van der Waals surface area contributed by atoms with Gasteiger partial charge in [-0.2, -0.15) is 9.97 Å². The lowest BCUT2D eigenvalue weighted by Crippen LogP contribution is -2.40. The van der Waals surface area contributed by atoms with Crippen LogP contribution in [0.2, 0.25) is 5.02 Å². The molecule has 0 radical (unpaired) electrons. The first-order valence-electron chi connectivity index (χ1n) is 12.0. The van der Waals surface area contributed by atoms with Gasteiger partial charge in [0.2, 0.25) is 5.95 Å². The highest BCUT2D eigenvalue weighted by atomic mass is 35.5. The van der Waals surface area contributed by atoms with Crippen LogP contribution in [0.15, 0.2) is 47.8 Å². The van der Waals surface area contributed by atoms with Gasteiger partial charge in [-0.3, -0.25) is 4.57 Å². The SMILES string of the molecule is C=C/C(=C\c1c(NC(C)c2ncccn2)nc(=O)n(C)c1C)Nc1nc(N2CCC(F)(F)CC2)ncc1Cl. The van der Waals surface area contributed by atoms with Crippen LogP contribution in [-0.4, -0.2) is 48.5 Å². The number of hydrogen-bond acceptors (Lipinski definition) is 9. The molecule has 2 N–H and O–H groups in total. The normalized spacial score (nSPS) is 16.2. The van der Waals surface area contributed by atoms with E-state index in [1.807, 2.05) is 6.92 Å². The van der Waals surface area contributed by atoms with Gasteiger partial charge in [0.1, 0.15) is 16.7 Å². The van der Waals surface area contributed by atoms with E-state index in [2.05, 4.69) is 42.1 Å². The number of nitrogens with zero attached hydrogens (tertiary/aromatic N) is 7. The summed E-state index contributed by atoms with van der Waals surface area (Å²) < 4.78 is 28.6. The Bertz CT molecular complexity index is 1400. The lowest BCUT2D eigenvalue weighted by molar-refractivity contribution is -0.0222. The maximum Gasteiger partial charge on any atom is 0.349 e. The van der Waals surface area contributed by atoms with Crippen molar-refractivity contribution >= 4 is 35.3 Å². The van der Waals surface area contributed by atoms with Crippen LogP contribution in [0.1, 0.15) is 42.9 Å². The zero-order valence-electron chi connectivity index (χ0n) is 21.2. The minimum atomic E-state index is -2.68. The van der Waals surface area contributed by atoms with Crippen LogP contribution in [0.4, 0.5) is 26.4 Å². The Morgan fingerprint density at radius 3 is 2.53 bits per heavy atom. The van der Waals surface area contributed by atoms with Gasteiger partial charge in [0.25, 0.3) is 5.92 Å². The van der Waals surface area contributed by atoms with Gasteiger partial charge in [0.15, 0.2) is 5.82 Å². The molecule has 0 aliphatic carbocycles. The molecule has 0 spiro atoms. The summed E-state index contributed by atoms with van der Waals surface area (Å²) in [7, 11) is 1.63. The molecule has 1 fully saturated rings. The van der Waals surface area contributed by atoms with E-state index in [0.717, 1.165) is 0 Å². The highest BCUT2D eigenvalue weighted by molar-refractivity contribution is 6.32. The van der Waals surface area contributed by atoms with E-state index in [1.165, 1.54) is 10.8 Å². The van der Waals surface area contributed by atoms with Crippen molar-refractivity contribution in [2.45, 2.75) is 38.7 Å². The van der Waals surface area contributed by atoms with Crippen molar-refractivity contribution in [2.75, 3.05) is 28.6 Å². The van der Waals surface area contributed by atoms with Gasteiger partial charge >= 0.3 is 5.69 Å². The average molecular weight is 544 g/mol. The molecule has 4 rings (SSSR count). The van der Waals surface area contributed by atoms with Crippen molar-refractivity contribution < 1.29 is 8.78 Å². The third-order valence-corrected chi connectivity index (χ3v) is 6.54. The summed E-state index contributed by atoms with van der Waals surface area (Å²) in [6, 6.07) is 1.38. The quantitative estimate of drug-likeness (QED) is 0.400. The van der Waals surface area contributed by atoms with Crippen molar-refractivity contribution in [2.24, 2.45) is 7.05 Å². The summed E-state index contributed by atoms with van der Waals surface area (Å²) in [5.74, 6) is -1.21. The largest absolute Gasteiger partial charge is 0.360 e. The number of halogens is 3. The summed E-state index contributed by atoms with van der Waals surface area (Å²) >= 11 is 6.36. The molecule has 3 aromatic heterocycles. The third-order valence-electron chi connectivity index (χ3n) is 6.26. The molecule has 0 saturated carbocycles. The lowest BCUT2D eigenvalue weighted by Gasteiger charge is -2.31. The van der Waals surface area contributed by atoms with Gasteiger partial charge < -0.3 is 15.5 Å². The highest BCUT2D eigenvalue weighted by Gasteiger charge is 2.35. The number of aromatic nitrogens is 6. The number of piperidine rings is 1. The lowest BCUT2D eigenvalue weighted by atomic mass is 10.1. The zero-order chi connectivity index (χ0) is 27.4. The van der Waals surface area contributed by atoms with Gasteiger partial charge in [-0.05, 0) is 32.1 Å². The first kappa shape index (κ1) is 27.1. The van der Waals surface area contributed by atoms with Crippen LogP contribution in [0.3, 0.4) is 0 Å². The Labute approximate surface area is 223 Å². The maximum atomic E-state index is 13.6. The van der Waals surface area contributed by atoms with Crippen LogP contribution < -0.4 is 21.2 Å². The smallest absolute Gasteiger partial charge is 0.349 e. The molecule has 1 saturated heterocycles. The van der Waals surface area contributed by atoms with Crippen molar-refractivity contribution in [3.05, 3.63) is 75.6 Å². The Balaban J connectivity index is 1.65. The van der Waals surface area contributed by atoms with E-state index in [-0.39, 0.29) is 42.8 Å². The fourth-order valence-electron chi connectivity index (χ4n) is 3.88. The van der Waals surface area contributed by atoms with Gasteiger partial charge in [-0.25, -0.2) is 28.5 Å². The third kappa shape index (κ3) is 6.13. The van der Waals surface area contributed by atoms with E-state index in [0.29, 0.717) is 34.5 Å². The number of allylic oxidation sites excluding steroid dienone is 1. The fraction of sp³-hybridized carbons (Fsp3) is 0.360. The van der Waals surface area contributed by atoms with E-state index in [1.54, 1.807) is 49.5 Å². The van der Waals surface area contributed by atoms with Crippen LogP contribution in [0.25, 0.3) is 6.08 Å². The van der Waals surface area contributed by atoms with Gasteiger partial charge in [0, 0.05) is 62.3 Å². The molecule has 0 aromatic carbocycles. The van der Waals surface area contributed by atoms with E-state index in [4.69, 9.17) is 11.6 Å². The average Bonchev–Trinajstić information content (AvgIpc) is 2.90. The molecule has 1 aliphatic rings. The predicted octanol–water partition coefficient (Wildman–Crippen LogP) is 4.37. The van der Waals surface area contributed by atoms with E-state index < -0.39 is 11.6 Å². The monoisotopic (exact) mass is 543 g/mol. The van der Waals surface area contributed by atoms with E-state index >= 15 is 0 Å². The summed E-state index contributed by atoms with van der Waals surface area (Å²) in [5, 5.41) is 6.60. The second-order valence-corrected chi connectivity index (χ2v) is 9.32. The predicted molar refractivity (Wildman–Crippen MR) is 144 cm³/mol. The van der Waals surface area contributed by atoms with Gasteiger partial charge in [-0.15, -0.1) is 0 Å². The molecule has 1 atom stereocenters. The maximum absolute atomic E-state index is 13.6. The molecule has 38 heavy (non-hydrogen) atoms. The molecule has 1 aliphatic heterocycles. The Hall–Kier alpha value is -3.93. The fourth-order valence-corrected chi connectivity index (χ4v) is 4.02. The molecule has 10 nitrogen and oxygen atoms in total. The highest BCUT2D eigenvalue weighted by Crippen LogP contribution is 2.31. The van der Waals surface area contributed by atoms with Crippen LogP contribution in [0.5, 0.6) is 0 Å². The summed E-state index contributed by atoms with van der Waals surface area (Å²) in [4.78, 5) is 35.6. The van der Waals surface area contributed by atoms with Crippen LogP contribution in [-0.2, 0) is 7.05 Å². The summed E-state index contributed by atoms with van der Waals surface area (Å²) in [6.45, 7) is 7.82. The molecule has 13 heteroatoms. The van der Waals surface area contributed by atoms with Crippen molar-refractivity contribution in [1.82, 2.24) is 29.5 Å². The van der Waals surface area contributed by atoms with Crippen molar-refractivity contribution in [3.63, 3.8) is 0 Å². The van der Waals surface area contributed by atoms with Crippen LogP contribution in [0, 0.1) is 6.92 Å². The Morgan fingerprint density at radius 2 is 1.87 bits per heavy atom. The summed E-state index contributed by atoms with van der Waals surface area (Å²) in [5.41, 5.74) is 1.36. The van der Waals surface area contributed by atoms with Crippen molar-refractivity contribution in [3.8, 4) is 0 Å². The summed E-state index contributed by atoms with van der Waals surface area (Å²) in [6.07, 6.45) is 7.50. The first-order valence-corrected chi connectivity index (χ1v) is 12.3. The number of anilines is 3. The number of nitrogens with one attached hydrogen (secondary N) is 2. The molecule has 1 unspecified atom stereocenters. The standard InChI is InChI=1S/C25H28ClF2N9O/c1-5-17(33-22-19(26)14-31-23(34-22)37-11-7-25(27,28)8-12-37)13-18-16(3)36(4)24(38)35-21(18)32-15(2)20-29-9-6-10-30-20/h5-6,9-10,13-15H,1,7-8,11-12H2,2-4H3,(H,31,33,34)(H,32,35,38)/b17-13+. The molecule has 200 valence electrons. The molecular formula is C25H28ClF2N9O. The number of rotatable bonds is 8. The Kier molecular flexibility index (Phi) is 8.00. The first-order chi connectivity index (χ1) is 18.1. The molecular weight excluding hydrogens is 516 g/mol. The van der Waals surface area contributed by atoms with Crippen molar-refractivity contribution in [1.29, 1.82) is 0 Å². The topological polar surface area (TPSA) is 114 Å². The second kappa shape index (κ2) is 11.2. The Morgan fingerprint density at radius 1 is 1.18 bits per heavy atom. The van der Waals surface area contributed by atoms with Gasteiger partial charge in [0.05, 0.1) is 12.2 Å². The number of alkyl halides is 2. The molecule has 0 amide bonds. The van der Waals surface area contributed by atoms with Crippen LogP contribution >= 0.6 is 11.6 Å².